The minimum absolute atomic E-state index is 0. The van der Waals surface area contributed by atoms with Crippen LogP contribution in [-0.4, -0.2) is 44.1 Å². The fourth-order valence-electron chi connectivity index (χ4n) is 0. The monoisotopic (exact) mass is 49.1 g/mol. The van der Waals surface area contributed by atoms with E-state index in [-0.39, 0.29) is 44.1 Å². The van der Waals surface area contributed by atoms with Crippen molar-refractivity contribution in [2.24, 2.45) is 0 Å². The smallest absolute Gasteiger partial charge is 0 e. The van der Waals surface area contributed by atoms with Gasteiger partial charge in [0, 0.05) is 18.9 Å². The van der Waals surface area contributed by atoms with E-state index < -0.39 is 0 Å². The van der Waals surface area contributed by atoms with Gasteiger partial charge in [0.1, 0.15) is 0 Å². The van der Waals surface area contributed by atoms with Gasteiger partial charge >= 0.3 is 0 Å². The molecule has 0 spiro atoms. The molecule has 19 valence electrons. The minimum atomic E-state index is 0. The van der Waals surface area contributed by atoms with Crippen LogP contribution >= 0.6 is 0 Å². The Morgan fingerprint density at radius 2 is 0.500 bits per heavy atom. The third-order valence-corrected chi connectivity index (χ3v) is 0. The second-order valence-electron chi connectivity index (χ2n) is 0. The fraction of sp³-hybridized carbons (Fsp3) is 0. The molecule has 0 N–H and O–H groups in total. The Bertz CT molecular complexity index is 3.25. The maximum Gasteiger partial charge on any atom is 0.0814 e. The molecule has 0 saturated heterocycles. The van der Waals surface area contributed by atoms with E-state index in [1.807, 2.05) is 0 Å². The first kappa shape index (κ1) is 110. The first-order chi connectivity index (χ1) is 0. The van der Waals surface area contributed by atoms with E-state index in [2.05, 4.69) is 0 Å². The second-order valence-corrected chi connectivity index (χ2v) is 0. The zero-order valence-corrected chi connectivity index (χ0v) is 1.00. The molecule has 0 fully saturated rings. The van der Waals surface area contributed by atoms with Gasteiger partial charge in [-0.2, -0.15) is 0 Å². The molecular weight excluding hydrogens is 39.4 g/mol. The summed E-state index contributed by atoms with van der Waals surface area (Å²) >= 11 is 0. The minimum Gasteiger partial charge on any atom is 0 e. The summed E-state index contributed by atoms with van der Waals surface area (Å²) in [7, 11) is 0. The summed E-state index contributed by atoms with van der Waals surface area (Å²) in [6, 6.07) is 0. The number of hydrogen-bond acceptors (Lipinski definition) is 0. The Balaban J connectivity index is 0. The van der Waals surface area contributed by atoms with Gasteiger partial charge in [-0.05, 0) is 0 Å². The quantitative estimate of drug-likeness (QED) is 0.245. The Morgan fingerprint density at radius 3 is 0.500 bits per heavy atom. The predicted octanol–water partition coefficient (Wildman–Crippen LogP) is -3.93. The van der Waals surface area contributed by atoms with Crippen molar-refractivity contribution in [2.75, 3.05) is 0 Å². The van der Waals surface area contributed by atoms with Crippen LogP contribution in [0, 0.1) is 0 Å². The zero-order chi connectivity index (χ0) is 0. The maximum absolute atomic E-state index is 0. The van der Waals surface area contributed by atoms with E-state index in [0.717, 1.165) is 0 Å². The van der Waals surface area contributed by atoms with Crippen molar-refractivity contribution in [2.45, 2.75) is 0 Å². The van der Waals surface area contributed by atoms with Crippen LogP contribution in [0.15, 0.2) is 0 Å². The SMILES string of the molecule is B.B.B.[Li]. The van der Waals surface area contributed by atoms with Crippen molar-refractivity contribution in [3.05, 3.63) is 0 Å². The van der Waals surface area contributed by atoms with E-state index in [4.69, 9.17) is 0 Å². The first-order valence-corrected chi connectivity index (χ1v) is 0. The molecular formula is H9B3Li. The molecule has 0 atom stereocenters. The normalized spacial score (nSPS) is 0. The summed E-state index contributed by atoms with van der Waals surface area (Å²) in [5.74, 6) is 0. The number of hydrogen-bond donors (Lipinski definition) is 0. The summed E-state index contributed by atoms with van der Waals surface area (Å²) in [5.41, 5.74) is 0. The third-order valence-electron chi connectivity index (χ3n) is 0. The van der Waals surface area contributed by atoms with Crippen LogP contribution in [0.2, 0.25) is 0 Å². The Hall–Kier alpha value is 0.792. The van der Waals surface area contributed by atoms with Crippen LogP contribution in [0.25, 0.3) is 0 Å². The Morgan fingerprint density at radius 1 is 0.500 bits per heavy atom. The zero-order valence-electron chi connectivity index (χ0n) is 1.00. The molecule has 0 rings (SSSR count). The maximum atomic E-state index is 0. The van der Waals surface area contributed by atoms with E-state index in [1.54, 1.807) is 0 Å². The van der Waals surface area contributed by atoms with Crippen LogP contribution in [0.3, 0.4) is 0 Å². The predicted molar refractivity (Wildman–Crippen MR) is 35.6 cm³/mol. The van der Waals surface area contributed by atoms with Gasteiger partial charge in [0.2, 0.25) is 0 Å². The summed E-state index contributed by atoms with van der Waals surface area (Å²) in [6.07, 6.45) is 0. The molecule has 0 nitrogen and oxygen atoms in total. The van der Waals surface area contributed by atoms with Gasteiger partial charge in [-0.25, -0.2) is 0 Å². The third kappa shape index (κ3) is 14.3. The molecule has 0 aliphatic carbocycles. The molecule has 1 radical (unpaired) electrons. The second kappa shape index (κ2) is 47.1. The molecule has 0 aromatic carbocycles. The molecule has 4 heteroatoms. The summed E-state index contributed by atoms with van der Waals surface area (Å²) in [6.45, 7) is 0. The standard InChI is InChI=1S/3BH3.Li/h3*1H3;. The fourth-order valence-corrected chi connectivity index (χ4v) is 0. The first-order valence-electron chi connectivity index (χ1n) is 0. The molecule has 0 aromatic rings. The topological polar surface area (TPSA) is 0 Å². The van der Waals surface area contributed by atoms with Crippen molar-refractivity contribution in [3.63, 3.8) is 0 Å². The summed E-state index contributed by atoms with van der Waals surface area (Å²) < 4.78 is 0. The molecule has 0 heterocycles. The number of rotatable bonds is 0. The average Bonchev–Trinajstić information content (AvgIpc) is 0. The van der Waals surface area contributed by atoms with E-state index in [9.17, 15) is 0 Å². The van der Waals surface area contributed by atoms with Crippen molar-refractivity contribution >= 4 is 44.1 Å². The van der Waals surface area contributed by atoms with Crippen molar-refractivity contribution < 1.29 is 0 Å². The molecule has 0 bridgehead atoms. The van der Waals surface area contributed by atoms with Gasteiger partial charge in [-0.1, -0.05) is 0 Å². The van der Waals surface area contributed by atoms with E-state index in [0.29, 0.717) is 0 Å². The van der Waals surface area contributed by atoms with Crippen LogP contribution in [0.5, 0.6) is 0 Å². The summed E-state index contributed by atoms with van der Waals surface area (Å²) in [4.78, 5) is 0. The van der Waals surface area contributed by atoms with Gasteiger partial charge in [-0.3, -0.25) is 0 Å². The van der Waals surface area contributed by atoms with Crippen molar-refractivity contribution in [3.8, 4) is 0 Å². The molecule has 0 aliphatic rings. The molecule has 0 saturated carbocycles. The van der Waals surface area contributed by atoms with Gasteiger partial charge in [0.15, 0.2) is 0 Å². The van der Waals surface area contributed by atoms with Crippen LogP contribution in [-0.2, 0) is 0 Å². The Kier molecular flexibility index (Phi) is 1290. The van der Waals surface area contributed by atoms with Crippen LogP contribution in [0.1, 0.15) is 0 Å². The van der Waals surface area contributed by atoms with Gasteiger partial charge in [-0.15, -0.1) is 0 Å². The van der Waals surface area contributed by atoms with E-state index in [1.165, 1.54) is 0 Å². The van der Waals surface area contributed by atoms with Gasteiger partial charge < -0.3 is 0 Å². The van der Waals surface area contributed by atoms with Crippen molar-refractivity contribution in [1.29, 1.82) is 0 Å². The van der Waals surface area contributed by atoms with Crippen LogP contribution in [0.4, 0.5) is 0 Å². The average molecular weight is 48.4 g/mol. The molecule has 0 amide bonds. The van der Waals surface area contributed by atoms with E-state index >= 15 is 0 Å². The molecule has 0 unspecified atom stereocenters. The molecule has 0 aliphatic heterocycles. The summed E-state index contributed by atoms with van der Waals surface area (Å²) in [5, 5.41) is 0. The molecule has 4 heavy (non-hydrogen) atoms. The largest absolute Gasteiger partial charge is 0.0814 e. The van der Waals surface area contributed by atoms with Gasteiger partial charge in [0.25, 0.3) is 0 Å². The van der Waals surface area contributed by atoms with Crippen molar-refractivity contribution in [1.82, 2.24) is 0 Å². The van der Waals surface area contributed by atoms with Crippen LogP contribution < -0.4 is 0 Å². The van der Waals surface area contributed by atoms with Gasteiger partial charge in [0.05, 0.1) is 25.2 Å². The molecule has 0 aromatic heterocycles. The Labute approximate surface area is 44.6 Å².